The Bertz CT molecular complexity index is 283. The zero-order valence-corrected chi connectivity index (χ0v) is 8.24. The molecule has 1 fully saturated rings. The lowest BCUT2D eigenvalue weighted by Crippen LogP contribution is -2.39. The summed E-state index contributed by atoms with van der Waals surface area (Å²) in [5, 5.41) is 10.5. The van der Waals surface area contributed by atoms with Crippen molar-refractivity contribution in [3.63, 3.8) is 0 Å². The molecule has 2 rings (SSSR count). The first kappa shape index (κ1) is 8.34. The highest BCUT2D eigenvalue weighted by Crippen LogP contribution is 2.41. The van der Waals surface area contributed by atoms with E-state index in [9.17, 15) is 5.11 Å². The Morgan fingerprint density at radius 2 is 2.42 bits per heavy atom. The Kier molecular flexibility index (Phi) is 2.02. The van der Waals surface area contributed by atoms with Gasteiger partial charge in [-0.1, -0.05) is 11.3 Å². The van der Waals surface area contributed by atoms with Crippen molar-refractivity contribution in [2.24, 2.45) is 0 Å². The van der Waals surface area contributed by atoms with Crippen LogP contribution in [0.15, 0.2) is 6.20 Å². The van der Waals surface area contributed by atoms with E-state index in [-0.39, 0.29) is 0 Å². The average molecular weight is 203 g/mol. The molecule has 1 N–H and O–H groups in total. The number of aliphatic hydroxyl groups is 1. The van der Waals surface area contributed by atoms with Crippen molar-refractivity contribution < 1.29 is 9.84 Å². The smallest absolute Gasteiger partial charge is 0.273 e. The molecule has 1 aliphatic rings. The van der Waals surface area contributed by atoms with Gasteiger partial charge in [0.25, 0.3) is 5.19 Å². The van der Waals surface area contributed by atoms with Gasteiger partial charge in [0.05, 0.1) is 12.0 Å². The number of methoxy groups -OCH3 is 1. The van der Waals surface area contributed by atoms with E-state index >= 15 is 0 Å². The van der Waals surface area contributed by atoms with Gasteiger partial charge in [-0.25, -0.2) is 4.98 Å². The molecule has 1 aromatic rings. The van der Waals surface area contributed by atoms with Crippen LogP contribution in [0.1, 0.15) is 4.88 Å². The molecule has 0 atom stereocenters. The van der Waals surface area contributed by atoms with Gasteiger partial charge in [0.15, 0.2) is 0 Å². The predicted molar refractivity (Wildman–Crippen MR) is 49.9 cm³/mol. The second-order valence-corrected chi connectivity index (χ2v) is 4.70. The largest absolute Gasteiger partial charge is 0.473 e. The third-order valence-corrected chi connectivity index (χ3v) is 4.31. The first-order valence-corrected chi connectivity index (χ1v) is 5.52. The topological polar surface area (TPSA) is 42.4 Å². The average Bonchev–Trinajstić information content (AvgIpc) is 2.48. The van der Waals surface area contributed by atoms with Crippen LogP contribution in [0, 0.1) is 0 Å². The molecule has 0 bridgehead atoms. The fourth-order valence-electron chi connectivity index (χ4n) is 1.01. The van der Waals surface area contributed by atoms with Gasteiger partial charge in [-0.2, -0.15) is 11.8 Å². The molecule has 0 aliphatic carbocycles. The molecule has 0 unspecified atom stereocenters. The molecule has 0 spiro atoms. The number of aromatic nitrogens is 1. The lowest BCUT2D eigenvalue weighted by molar-refractivity contribution is 0.0806. The van der Waals surface area contributed by atoms with Gasteiger partial charge in [0, 0.05) is 17.7 Å². The van der Waals surface area contributed by atoms with Crippen LogP contribution in [-0.2, 0) is 5.60 Å². The summed E-state index contributed by atoms with van der Waals surface area (Å²) in [5.41, 5.74) is -0.626. The van der Waals surface area contributed by atoms with Gasteiger partial charge in [0.2, 0.25) is 0 Å². The number of thiazole rings is 1. The van der Waals surface area contributed by atoms with Gasteiger partial charge in [-0.05, 0) is 0 Å². The van der Waals surface area contributed by atoms with E-state index in [0.29, 0.717) is 5.19 Å². The van der Waals surface area contributed by atoms with Crippen LogP contribution >= 0.6 is 23.1 Å². The molecule has 1 aromatic heterocycles. The van der Waals surface area contributed by atoms with E-state index in [4.69, 9.17) is 4.74 Å². The molecule has 1 aliphatic heterocycles. The van der Waals surface area contributed by atoms with E-state index in [1.807, 2.05) is 0 Å². The standard InChI is InChI=1S/C7H9NO2S2/c1-10-6-8-2-5(12-6)7(9)3-11-4-7/h2,9H,3-4H2,1H3. The lowest BCUT2D eigenvalue weighted by Gasteiger charge is -2.34. The summed E-state index contributed by atoms with van der Waals surface area (Å²) >= 11 is 3.16. The van der Waals surface area contributed by atoms with Gasteiger partial charge < -0.3 is 9.84 Å². The summed E-state index contributed by atoms with van der Waals surface area (Å²) in [4.78, 5) is 4.92. The van der Waals surface area contributed by atoms with Gasteiger partial charge in [-0.3, -0.25) is 0 Å². The highest BCUT2D eigenvalue weighted by Gasteiger charge is 2.39. The van der Waals surface area contributed by atoms with Crippen LogP contribution in [0.3, 0.4) is 0 Å². The highest BCUT2D eigenvalue weighted by molar-refractivity contribution is 8.00. The minimum Gasteiger partial charge on any atom is -0.473 e. The van der Waals surface area contributed by atoms with Gasteiger partial charge in [-0.15, -0.1) is 0 Å². The van der Waals surface area contributed by atoms with Crippen molar-refractivity contribution in [2.75, 3.05) is 18.6 Å². The molecule has 3 nitrogen and oxygen atoms in total. The SMILES string of the molecule is COc1ncc(C2(O)CSC2)s1. The zero-order chi connectivity index (χ0) is 8.60. The lowest BCUT2D eigenvalue weighted by atomic mass is 10.1. The maximum absolute atomic E-state index is 9.88. The summed E-state index contributed by atoms with van der Waals surface area (Å²) in [6, 6.07) is 0. The molecule has 2 heterocycles. The van der Waals surface area contributed by atoms with E-state index in [2.05, 4.69) is 4.98 Å². The van der Waals surface area contributed by atoms with Gasteiger partial charge in [0.1, 0.15) is 5.60 Å². The minimum absolute atomic E-state index is 0.621. The van der Waals surface area contributed by atoms with Crippen molar-refractivity contribution in [1.29, 1.82) is 0 Å². The van der Waals surface area contributed by atoms with Crippen molar-refractivity contribution in [1.82, 2.24) is 4.98 Å². The summed E-state index contributed by atoms with van der Waals surface area (Å²) < 4.78 is 4.95. The first-order chi connectivity index (χ1) is 5.74. The summed E-state index contributed by atoms with van der Waals surface area (Å²) in [5.74, 6) is 1.55. The van der Waals surface area contributed by atoms with E-state index in [1.165, 1.54) is 11.3 Å². The van der Waals surface area contributed by atoms with Crippen molar-refractivity contribution in [3.8, 4) is 5.19 Å². The maximum atomic E-state index is 9.88. The summed E-state index contributed by atoms with van der Waals surface area (Å²) in [7, 11) is 1.59. The molecule has 12 heavy (non-hydrogen) atoms. The van der Waals surface area contributed by atoms with Crippen LogP contribution in [0.5, 0.6) is 5.19 Å². The molecule has 0 amide bonds. The van der Waals surface area contributed by atoms with E-state index in [1.54, 1.807) is 25.1 Å². The van der Waals surface area contributed by atoms with Crippen molar-refractivity contribution >= 4 is 23.1 Å². The second-order valence-electron chi connectivity index (χ2n) is 2.72. The molecule has 66 valence electrons. The fourth-order valence-corrected chi connectivity index (χ4v) is 2.91. The summed E-state index contributed by atoms with van der Waals surface area (Å²) in [6.45, 7) is 0. The van der Waals surface area contributed by atoms with Crippen LogP contribution in [-0.4, -0.2) is 28.7 Å². The quantitative estimate of drug-likeness (QED) is 0.781. The van der Waals surface area contributed by atoms with E-state index in [0.717, 1.165) is 16.4 Å². The maximum Gasteiger partial charge on any atom is 0.273 e. The third kappa shape index (κ3) is 1.22. The number of thioether (sulfide) groups is 1. The Balaban J connectivity index is 2.22. The van der Waals surface area contributed by atoms with Crippen LogP contribution in [0.25, 0.3) is 0 Å². The number of ether oxygens (including phenoxy) is 1. The van der Waals surface area contributed by atoms with Crippen LogP contribution < -0.4 is 4.74 Å². The number of hydrogen-bond acceptors (Lipinski definition) is 5. The van der Waals surface area contributed by atoms with Crippen molar-refractivity contribution in [2.45, 2.75) is 5.60 Å². The predicted octanol–water partition coefficient (Wildman–Crippen LogP) is 1.09. The second kappa shape index (κ2) is 2.90. The Labute approximate surface area is 78.8 Å². The molecular weight excluding hydrogens is 194 g/mol. The number of nitrogens with zero attached hydrogens (tertiary/aromatic N) is 1. The molecule has 0 radical (unpaired) electrons. The Hall–Kier alpha value is -0.260. The molecule has 0 aromatic carbocycles. The Morgan fingerprint density at radius 1 is 1.67 bits per heavy atom. The number of hydrogen-bond donors (Lipinski definition) is 1. The molecule has 1 saturated heterocycles. The van der Waals surface area contributed by atoms with E-state index < -0.39 is 5.60 Å². The molecule has 5 heteroatoms. The van der Waals surface area contributed by atoms with Crippen LogP contribution in [0.2, 0.25) is 0 Å². The molecular formula is C7H9NO2S2. The Morgan fingerprint density at radius 3 is 2.83 bits per heavy atom. The highest BCUT2D eigenvalue weighted by atomic mass is 32.2. The van der Waals surface area contributed by atoms with Crippen LogP contribution in [0.4, 0.5) is 0 Å². The van der Waals surface area contributed by atoms with Crippen molar-refractivity contribution in [3.05, 3.63) is 11.1 Å². The normalized spacial score (nSPS) is 20.2. The zero-order valence-electron chi connectivity index (χ0n) is 6.61. The fraction of sp³-hybridized carbons (Fsp3) is 0.571. The first-order valence-electron chi connectivity index (χ1n) is 3.55. The minimum atomic E-state index is -0.626. The summed E-state index contributed by atoms with van der Waals surface area (Å²) in [6.07, 6.45) is 1.70. The number of rotatable bonds is 2. The van der Waals surface area contributed by atoms with Gasteiger partial charge >= 0.3 is 0 Å². The third-order valence-electron chi connectivity index (χ3n) is 1.80. The monoisotopic (exact) mass is 203 g/mol. The molecule has 0 saturated carbocycles.